The summed E-state index contributed by atoms with van der Waals surface area (Å²) in [6.45, 7) is 1.57. The lowest BCUT2D eigenvalue weighted by molar-refractivity contribution is 0.0509. The molecule has 0 saturated heterocycles. The van der Waals surface area contributed by atoms with Crippen molar-refractivity contribution in [3.8, 4) is 0 Å². The Morgan fingerprint density at radius 1 is 1.19 bits per heavy atom. The van der Waals surface area contributed by atoms with E-state index < -0.39 is 18.1 Å². The van der Waals surface area contributed by atoms with Crippen molar-refractivity contribution in [3.63, 3.8) is 0 Å². The predicted molar refractivity (Wildman–Crippen MR) is 51.6 cm³/mol. The minimum atomic E-state index is -1.73. The predicted octanol–water partition coefficient (Wildman–Crippen LogP) is 1.53. The second kappa shape index (κ2) is 4.43. The van der Waals surface area contributed by atoms with Crippen LogP contribution in [0.15, 0.2) is 18.2 Å². The van der Waals surface area contributed by atoms with Crippen LogP contribution in [0.1, 0.15) is 26.3 Å². The average Bonchev–Trinajstić information content (AvgIpc) is 2.16. The maximum absolute atomic E-state index is 11.1. The van der Waals surface area contributed by atoms with Crippen molar-refractivity contribution in [2.45, 2.75) is 6.92 Å². The Balaban J connectivity index is 3.08. The number of ether oxygens (including phenoxy) is 1. The van der Waals surface area contributed by atoms with Crippen LogP contribution in [0.5, 0.6) is 0 Å². The van der Waals surface area contributed by atoms with Crippen LogP contribution in [0.2, 0.25) is 0 Å². The van der Waals surface area contributed by atoms with Gasteiger partial charge in [-0.15, -0.1) is 0 Å². The quantitative estimate of drug-likeness (QED) is 0.583. The zero-order chi connectivity index (χ0) is 12.3. The number of carboxylic acids is 1. The topological polar surface area (TPSA) is 101 Å². The molecule has 0 fully saturated rings. The fourth-order valence-electron chi connectivity index (χ4n) is 1.12. The van der Waals surface area contributed by atoms with Crippen LogP contribution in [0.25, 0.3) is 0 Å². The van der Waals surface area contributed by atoms with Crippen LogP contribution in [-0.2, 0) is 4.74 Å². The average molecular weight is 224 g/mol. The Bertz CT molecular complexity index is 462. The van der Waals surface area contributed by atoms with Crippen LogP contribution in [-0.4, -0.2) is 28.3 Å². The van der Waals surface area contributed by atoms with Gasteiger partial charge in [0.25, 0.3) is 0 Å². The van der Waals surface area contributed by atoms with Gasteiger partial charge in [-0.2, -0.15) is 0 Å². The Hall–Kier alpha value is -2.37. The van der Waals surface area contributed by atoms with Crippen molar-refractivity contribution in [2.24, 2.45) is 0 Å². The van der Waals surface area contributed by atoms with Crippen molar-refractivity contribution in [1.29, 1.82) is 0 Å². The highest BCUT2D eigenvalue weighted by Gasteiger charge is 2.15. The molecule has 6 nitrogen and oxygen atoms in total. The maximum Gasteiger partial charge on any atom is 0.513 e. The minimum Gasteiger partial charge on any atom is -0.478 e. The molecule has 1 aromatic rings. The van der Waals surface area contributed by atoms with Gasteiger partial charge in [-0.05, 0) is 24.6 Å². The molecule has 0 aliphatic rings. The molecule has 0 unspecified atom stereocenters. The lowest BCUT2D eigenvalue weighted by Gasteiger charge is -2.03. The number of esters is 1. The van der Waals surface area contributed by atoms with Crippen LogP contribution in [0, 0.1) is 6.92 Å². The molecule has 0 heterocycles. The SMILES string of the molecule is Cc1ccc(C(=O)OC(=O)O)cc1C(=O)O. The third kappa shape index (κ3) is 2.57. The lowest BCUT2D eigenvalue weighted by Crippen LogP contribution is -2.11. The van der Waals surface area contributed by atoms with Crippen molar-refractivity contribution >= 4 is 18.1 Å². The number of aryl methyl sites for hydroxylation is 1. The van der Waals surface area contributed by atoms with E-state index in [1.807, 2.05) is 0 Å². The molecule has 0 aliphatic heterocycles. The van der Waals surface area contributed by atoms with E-state index in [4.69, 9.17) is 10.2 Å². The number of benzene rings is 1. The normalized spacial score (nSPS) is 9.56. The van der Waals surface area contributed by atoms with Gasteiger partial charge in [0, 0.05) is 0 Å². The van der Waals surface area contributed by atoms with Crippen molar-refractivity contribution in [2.75, 3.05) is 0 Å². The standard InChI is InChI=1S/C10H8O6/c1-5-2-3-6(4-7(5)8(11)12)9(13)16-10(14)15/h2-4H,1H3,(H,11,12)(H,14,15). The van der Waals surface area contributed by atoms with Gasteiger partial charge in [0.05, 0.1) is 11.1 Å². The number of carbonyl (C=O) groups excluding carboxylic acids is 1. The Labute approximate surface area is 90.1 Å². The maximum atomic E-state index is 11.1. The third-order valence-corrected chi connectivity index (χ3v) is 1.88. The number of rotatable bonds is 2. The molecule has 0 saturated carbocycles. The number of aromatic carboxylic acids is 1. The summed E-state index contributed by atoms with van der Waals surface area (Å²) in [7, 11) is 0. The zero-order valence-electron chi connectivity index (χ0n) is 8.26. The summed E-state index contributed by atoms with van der Waals surface area (Å²) >= 11 is 0. The van der Waals surface area contributed by atoms with Crippen molar-refractivity contribution in [3.05, 3.63) is 34.9 Å². The van der Waals surface area contributed by atoms with Gasteiger partial charge >= 0.3 is 18.1 Å². The molecule has 0 bridgehead atoms. The molecule has 2 N–H and O–H groups in total. The Morgan fingerprint density at radius 3 is 2.31 bits per heavy atom. The Kier molecular flexibility index (Phi) is 3.24. The molecule has 0 atom stereocenters. The zero-order valence-corrected chi connectivity index (χ0v) is 8.26. The van der Waals surface area contributed by atoms with E-state index >= 15 is 0 Å². The number of carbonyl (C=O) groups is 3. The van der Waals surface area contributed by atoms with E-state index in [0.717, 1.165) is 6.07 Å². The highest BCUT2D eigenvalue weighted by atomic mass is 16.7. The van der Waals surface area contributed by atoms with Gasteiger partial charge in [-0.1, -0.05) is 6.07 Å². The van der Waals surface area contributed by atoms with Gasteiger partial charge in [-0.3, -0.25) is 0 Å². The van der Waals surface area contributed by atoms with E-state index in [0.29, 0.717) is 5.56 Å². The van der Waals surface area contributed by atoms with Gasteiger partial charge < -0.3 is 14.9 Å². The highest BCUT2D eigenvalue weighted by Crippen LogP contribution is 2.12. The van der Waals surface area contributed by atoms with E-state index in [9.17, 15) is 14.4 Å². The fraction of sp³-hybridized carbons (Fsp3) is 0.100. The van der Waals surface area contributed by atoms with E-state index in [-0.39, 0.29) is 11.1 Å². The number of hydrogen-bond donors (Lipinski definition) is 2. The number of hydrogen-bond acceptors (Lipinski definition) is 4. The van der Waals surface area contributed by atoms with Crippen LogP contribution in [0.3, 0.4) is 0 Å². The molecule has 0 aromatic heterocycles. The fourth-order valence-corrected chi connectivity index (χ4v) is 1.12. The van der Waals surface area contributed by atoms with E-state index in [1.165, 1.54) is 12.1 Å². The molecule has 6 heteroatoms. The first-order valence-corrected chi connectivity index (χ1v) is 4.21. The van der Waals surface area contributed by atoms with E-state index in [1.54, 1.807) is 6.92 Å². The van der Waals surface area contributed by atoms with Gasteiger partial charge in [0.2, 0.25) is 0 Å². The van der Waals surface area contributed by atoms with Gasteiger partial charge in [0.15, 0.2) is 0 Å². The minimum absolute atomic E-state index is 0.0696. The molecule has 0 aliphatic carbocycles. The summed E-state index contributed by atoms with van der Waals surface area (Å²) in [6.07, 6.45) is -1.73. The van der Waals surface area contributed by atoms with Gasteiger partial charge in [0.1, 0.15) is 0 Å². The van der Waals surface area contributed by atoms with Crippen molar-refractivity contribution < 1.29 is 29.3 Å². The number of carboxylic acid groups (broad SMARTS) is 2. The largest absolute Gasteiger partial charge is 0.513 e. The molecule has 0 radical (unpaired) electrons. The monoisotopic (exact) mass is 224 g/mol. The Morgan fingerprint density at radius 2 is 1.81 bits per heavy atom. The second-order valence-corrected chi connectivity index (χ2v) is 2.99. The first-order valence-electron chi connectivity index (χ1n) is 4.21. The molecule has 1 aromatic carbocycles. The summed E-state index contributed by atoms with van der Waals surface area (Å²) in [6, 6.07) is 3.78. The molecule has 16 heavy (non-hydrogen) atoms. The molecular weight excluding hydrogens is 216 g/mol. The summed E-state index contributed by atoms with van der Waals surface area (Å²) in [4.78, 5) is 32.0. The van der Waals surface area contributed by atoms with Crippen LogP contribution >= 0.6 is 0 Å². The molecular formula is C10H8O6. The van der Waals surface area contributed by atoms with E-state index in [2.05, 4.69) is 4.74 Å². The first-order chi connectivity index (χ1) is 7.41. The second-order valence-electron chi connectivity index (χ2n) is 2.99. The molecule has 0 amide bonds. The molecule has 1 rings (SSSR count). The highest BCUT2D eigenvalue weighted by molar-refractivity contribution is 5.98. The summed E-state index contributed by atoms with van der Waals surface area (Å²) in [5.74, 6) is -2.29. The molecule has 0 spiro atoms. The molecule has 84 valence electrons. The van der Waals surface area contributed by atoms with Crippen molar-refractivity contribution in [1.82, 2.24) is 0 Å². The summed E-state index contributed by atoms with van der Waals surface area (Å²) < 4.78 is 3.90. The van der Waals surface area contributed by atoms with Crippen LogP contribution < -0.4 is 0 Å². The smallest absolute Gasteiger partial charge is 0.478 e. The van der Waals surface area contributed by atoms with Gasteiger partial charge in [-0.25, -0.2) is 14.4 Å². The lowest BCUT2D eigenvalue weighted by atomic mass is 10.1. The third-order valence-electron chi connectivity index (χ3n) is 1.88. The first kappa shape index (κ1) is 11.7. The van der Waals surface area contributed by atoms with Crippen LogP contribution in [0.4, 0.5) is 4.79 Å². The summed E-state index contributed by atoms with van der Waals surface area (Å²) in [5, 5.41) is 17.0. The summed E-state index contributed by atoms with van der Waals surface area (Å²) in [5.41, 5.74) is 0.282.